The topological polar surface area (TPSA) is 28.2 Å². The molecule has 0 unspecified atom stereocenters. The zero-order valence-corrected chi connectivity index (χ0v) is 10.8. The van der Waals surface area contributed by atoms with E-state index in [4.69, 9.17) is 0 Å². The van der Waals surface area contributed by atoms with Crippen LogP contribution in [0.2, 0.25) is 0 Å². The van der Waals surface area contributed by atoms with E-state index in [2.05, 4.69) is 10.3 Å². The summed E-state index contributed by atoms with van der Waals surface area (Å²) in [5.74, 6) is -0.0883. The van der Waals surface area contributed by atoms with E-state index in [0.29, 0.717) is 17.9 Å². The number of hydrogen-bond acceptors (Lipinski definition) is 3. The van der Waals surface area contributed by atoms with E-state index in [1.165, 1.54) is 18.0 Å². The number of anilines is 1. The van der Waals surface area contributed by atoms with E-state index in [0.717, 1.165) is 6.20 Å². The summed E-state index contributed by atoms with van der Waals surface area (Å²) in [6.45, 7) is 3.88. The van der Waals surface area contributed by atoms with E-state index in [1.54, 1.807) is 0 Å². The van der Waals surface area contributed by atoms with Crippen LogP contribution in [-0.2, 0) is 6.54 Å². The SMILES string of the molecule is CC(C)NCc1cc(F)cnc1N(C)CC(F)F. The van der Waals surface area contributed by atoms with Crippen LogP contribution in [0.15, 0.2) is 12.3 Å². The largest absolute Gasteiger partial charge is 0.354 e. The minimum atomic E-state index is -2.45. The molecule has 3 nitrogen and oxygen atoms in total. The van der Waals surface area contributed by atoms with Gasteiger partial charge < -0.3 is 10.2 Å². The van der Waals surface area contributed by atoms with Crippen molar-refractivity contribution in [3.63, 3.8) is 0 Å². The second-order valence-corrected chi connectivity index (χ2v) is 4.44. The molecule has 0 radical (unpaired) electrons. The Morgan fingerprint density at radius 2 is 2.06 bits per heavy atom. The highest BCUT2D eigenvalue weighted by Gasteiger charge is 2.14. The fourth-order valence-corrected chi connectivity index (χ4v) is 1.56. The first-order chi connectivity index (χ1) is 8.40. The zero-order valence-electron chi connectivity index (χ0n) is 10.8. The van der Waals surface area contributed by atoms with Gasteiger partial charge >= 0.3 is 0 Å². The second kappa shape index (κ2) is 6.58. The molecule has 1 rings (SSSR count). The first-order valence-electron chi connectivity index (χ1n) is 5.77. The molecule has 18 heavy (non-hydrogen) atoms. The van der Waals surface area contributed by atoms with Crippen molar-refractivity contribution in [1.29, 1.82) is 0 Å². The number of nitrogens with one attached hydrogen (secondary N) is 1. The van der Waals surface area contributed by atoms with E-state index in [9.17, 15) is 13.2 Å². The third-order valence-corrected chi connectivity index (χ3v) is 2.38. The van der Waals surface area contributed by atoms with Crippen LogP contribution in [0.5, 0.6) is 0 Å². The summed E-state index contributed by atoms with van der Waals surface area (Å²) in [4.78, 5) is 5.22. The molecule has 0 saturated carbocycles. The number of alkyl halides is 2. The number of pyridine rings is 1. The van der Waals surface area contributed by atoms with E-state index >= 15 is 0 Å². The third-order valence-electron chi connectivity index (χ3n) is 2.38. The maximum absolute atomic E-state index is 13.1. The van der Waals surface area contributed by atoms with Crippen molar-refractivity contribution in [2.45, 2.75) is 32.9 Å². The molecule has 0 fully saturated rings. The summed E-state index contributed by atoms with van der Waals surface area (Å²) >= 11 is 0. The lowest BCUT2D eigenvalue weighted by Gasteiger charge is -2.21. The Morgan fingerprint density at radius 1 is 1.39 bits per heavy atom. The molecule has 0 atom stereocenters. The Balaban J connectivity index is 2.88. The highest BCUT2D eigenvalue weighted by atomic mass is 19.3. The summed E-state index contributed by atoms with van der Waals surface area (Å²) in [7, 11) is 1.52. The summed E-state index contributed by atoms with van der Waals surface area (Å²) < 4.78 is 37.8. The van der Waals surface area contributed by atoms with Gasteiger partial charge in [0.05, 0.1) is 12.7 Å². The van der Waals surface area contributed by atoms with Crippen LogP contribution in [0.4, 0.5) is 19.0 Å². The molecule has 0 spiro atoms. The van der Waals surface area contributed by atoms with E-state index in [-0.39, 0.29) is 6.04 Å². The first-order valence-corrected chi connectivity index (χ1v) is 5.77. The number of hydrogen-bond donors (Lipinski definition) is 1. The van der Waals surface area contributed by atoms with Crippen LogP contribution in [0.1, 0.15) is 19.4 Å². The van der Waals surface area contributed by atoms with Crippen molar-refractivity contribution in [3.8, 4) is 0 Å². The predicted molar refractivity (Wildman–Crippen MR) is 65.4 cm³/mol. The monoisotopic (exact) mass is 261 g/mol. The van der Waals surface area contributed by atoms with Gasteiger partial charge in [-0.15, -0.1) is 0 Å². The van der Waals surface area contributed by atoms with Crippen molar-refractivity contribution >= 4 is 5.82 Å². The molecule has 0 amide bonds. The zero-order chi connectivity index (χ0) is 13.7. The summed E-state index contributed by atoms with van der Waals surface area (Å²) in [6, 6.07) is 1.54. The summed E-state index contributed by atoms with van der Waals surface area (Å²) in [5, 5.41) is 3.12. The fourth-order valence-electron chi connectivity index (χ4n) is 1.56. The standard InChI is InChI=1S/C12H18F3N3/c1-8(2)16-5-9-4-10(13)6-17-12(9)18(3)7-11(14)15/h4,6,8,11,16H,5,7H2,1-3H3. The molecule has 0 aliphatic heterocycles. The average molecular weight is 261 g/mol. The molecule has 6 heteroatoms. The van der Waals surface area contributed by atoms with Gasteiger partial charge in [0.2, 0.25) is 0 Å². The Hall–Kier alpha value is -1.30. The van der Waals surface area contributed by atoms with Gasteiger partial charge in [0.25, 0.3) is 6.43 Å². The Kier molecular flexibility index (Phi) is 5.40. The van der Waals surface area contributed by atoms with Gasteiger partial charge in [-0.1, -0.05) is 13.8 Å². The predicted octanol–water partition coefficient (Wildman–Crippen LogP) is 2.42. The number of halogens is 3. The third kappa shape index (κ3) is 4.52. The lowest BCUT2D eigenvalue weighted by atomic mass is 10.2. The number of rotatable bonds is 6. The van der Waals surface area contributed by atoms with Crippen LogP contribution >= 0.6 is 0 Å². The Labute approximate surface area is 105 Å². The van der Waals surface area contributed by atoms with Crippen molar-refractivity contribution < 1.29 is 13.2 Å². The molecule has 1 N–H and O–H groups in total. The Bertz CT molecular complexity index is 383. The molecule has 0 aromatic carbocycles. The average Bonchev–Trinajstić information content (AvgIpc) is 2.25. The van der Waals surface area contributed by atoms with Crippen LogP contribution in [0.25, 0.3) is 0 Å². The Morgan fingerprint density at radius 3 is 2.61 bits per heavy atom. The molecule has 102 valence electrons. The lowest BCUT2D eigenvalue weighted by molar-refractivity contribution is 0.156. The molecule has 1 heterocycles. The maximum Gasteiger partial charge on any atom is 0.255 e. The minimum Gasteiger partial charge on any atom is -0.354 e. The van der Waals surface area contributed by atoms with Gasteiger partial charge in [-0.3, -0.25) is 0 Å². The van der Waals surface area contributed by atoms with Gasteiger partial charge in [0, 0.05) is 25.2 Å². The minimum absolute atomic E-state index is 0.224. The van der Waals surface area contributed by atoms with Crippen molar-refractivity contribution in [2.75, 3.05) is 18.5 Å². The fraction of sp³-hybridized carbons (Fsp3) is 0.583. The molecular formula is C12H18F3N3. The number of nitrogens with zero attached hydrogens (tertiary/aromatic N) is 2. The molecule has 0 aliphatic rings. The van der Waals surface area contributed by atoms with Crippen LogP contribution in [-0.4, -0.2) is 31.0 Å². The molecule has 0 saturated heterocycles. The van der Waals surface area contributed by atoms with Crippen molar-refractivity contribution in [3.05, 3.63) is 23.6 Å². The first kappa shape index (κ1) is 14.8. The highest BCUT2D eigenvalue weighted by molar-refractivity contribution is 5.46. The van der Waals surface area contributed by atoms with Gasteiger partial charge in [-0.25, -0.2) is 18.2 Å². The molecular weight excluding hydrogens is 243 g/mol. The second-order valence-electron chi connectivity index (χ2n) is 4.44. The molecule has 0 bridgehead atoms. The van der Waals surface area contributed by atoms with Crippen LogP contribution in [0, 0.1) is 5.82 Å². The highest BCUT2D eigenvalue weighted by Crippen LogP contribution is 2.18. The molecule has 1 aromatic heterocycles. The quantitative estimate of drug-likeness (QED) is 0.852. The smallest absolute Gasteiger partial charge is 0.255 e. The van der Waals surface area contributed by atoms with Gasteiger partial charge in [0.15, 0.2) is 0 Å². The van der Waals surface area contributed by atoms with Crippen molar-refractivity contribution in [1.82, 2.24) is 10.3 Å². The lowest BCUT2D eigenvalue weighted by Crippen LogP contribution is -2.28. The van der Waals surface area contributed by atoms with Crippen LogP contribution < -0.4 is 10.2 Å². The van der Waals surface area contributed by atoms with Gasteiger partial charge in [-0.05, 0) is 6.07 Å². The summed E-state index contributed by atoms with van der Waals surface area (Å²) in [5.41, 5.74) is 0.576. The van der Waals surface area contributed by atoms with Gasteiger partial charge in [-0.2, -0.15) is 0 Å². The van der Waals surface area contributed by atoms with E-state index in [1.807, 2.05) is 13.8 Å². The summed E-state index contributed by atoms with van der Waals surface area (Å²) in [6.07, 6.45) is -1.41. The molecule has 1 aromatic rings. The van der Waals surface area contributed by atoms with Gasteiger partial charge in [0.1, 0.15) is 11.6 Å². The molecule has 0 aliphatic carbocycles. The number of aromatic nitrogens is 1. The van der Waals surface area contributed by atoms with Crippen LogP contribution in [0.3, 0.4) is 0 Å². The van der Waals surface area contributed by atoms with E-state index < -0.39 is 18.8 Å². The van der Waals surface area contributed by atoms with Crippen molar-refractivity contribution in [2.24, 2.45) is 0 Å². The maximum atomic E-state index is 13.1. The normalized spacial score (nSPS) is 11.3.